The summed E-state index contributed by atoms with van der Waals surface area (Å²) < 4.78 is 1.91. The van der Waals surface area contributed by atoms with Crippen LogP contribution < -0.4 is 5.56 Å². The van der Waals surface area contributed by atoms with Gasteiger partial charge in [0.1, 0.15) is 0 Å². The molecule has 190 valence electrons. The average Bonchev–Trinajstić information content (AvgIpc) is 3.30. The zero-order valence-electron chi connectivity index (χ0n) is 22.5. The molecule has 2 aromatic carbocycles. The lowest BCUT2D eigenvalue weighted by Crippen LogP contribution is -2.37. The molecular formula is C29H38N6O. The average molecular weight is 487 g/mol. The van der Waals surface area contributed by atoms with Crippen molar-refractivity contribution in [2.75, 3.05) is 0 Å². The van der Waals surface area contributed by atoms with Gasteiger partial charge in [0.15, 0.2) is 5.82 Å². The van der Waals surface area contributed by atoms with Gasteiger partial charge in [-0.05, 0) is 85.2 Å². The molecule has 0 unspecified atom stereocenters. The van der Waals surface area contributed by atoms with Gasteiger partial charge < -0.3 is 4.98 Å². The normalized spacial score (nSPS) is 13.1. The Bertz CT molecular complexity index is 1380. The largest absolute Gasteiger partial charge is 0.322 e. The third-order valence-corrected chi connectivity index (χ3v) is 6.69. The van der Waals surface area contributed by atoms with Crippen molar-refractivity contribution >= 4 is 10.9 Å². The topological polar surface area (TPSA) is 79.7 Å². The van der Waals surface area contributed by atoms with Crippen molar-refractivity contribution in [2.45, 2.75) is 79.6 Å². The zero-order valence-corrected chi connectivity index (χ0v) is 22.5. The van der Waals surface area contributed by atoms with Crippen LogP contribution in [0.1, 0.15) is 75.7 Å². The number of benzene rings is 2. The number of hydrogen-bond acceptors (Lipinski definition) is 5. The van der Waals surface area contributed by atoms with E-state index in [2.05, 4.69) is 110 Å². The molecule has 0 aliphatic carbocycles. The highest BCUT2D eigenvalue weighted by Crippen LogP contribution is 2.32. The molecule has 0 saturated carbocycles. The van der Waals surface area contributed by atoms with E-state index in [1.807, 2.05) is 16.8 Å². The predicted molar refractivity (Wildman–Crippen MR) is 145 cm³/mol. The molecule has 1 atom stereocenters. The minimum Gasteiger partial charge on any atom is -0.322 e. The number of aromatic nitrogens is 5. The molecule has 0 spiro atoms. The number of aryl methyl sites for hydroxylation is 2. The first-order valence-electron chi connectivity index (χ1n) is 12.8. The Morgan fingerprint density at radius 3 is 2.33 bits per heavy atom. The van der Waals surface area contributed by atoms with Crippen LogP contribution in [0.15, 0.2) is 53.3 Å². The Morgan fingerprint density at radius 2 is 1.69 bits per heavy atom. The summed E-state index contributed by atoms with van der Waals surface area (Å²) in [7, 11) is 0. The highest BCUT2D eigenvalue weighted by atomic mass is 16.1. The lowest BCUT2D eigenvalue weighted by atomic mass is 9.98. The fraction of sp³-hybridized carbons (Fsp3) is 0.448. The van der Waals surface area contributed by atoms with E-state index in [1.54, 1.807) is 0 Å². The summed E-state index contributed by atoms with van der Waals surface area (Å²) in [4.78, 5) is 18.6. The Kier molecular flexibility index (Phi) is 7.41. The van der Waals surface area contributed by atoms with E-state index in [0.717, 1.165) is 28.7 Å². The van der Waals surface area contributed by atoms with E-state index >= 15 is 0 Å². The van der Waals surface area contributed by atoms with Crippen LogP contribution in [0, 0.1) is 12.8 Å². The molecule has 2 heterocycles. The van der Waals surface area contributed by atoms with Gasteiger partial charge in [0.25, 0.3) is 5.56 Å². The number of fused-ring (bicyclic) bond motifs is 1. The molecule has 0 bridgehead atoms. The predicted octanol–water partition coefficient (Wildman–Crippen LogP) is 5.54. The molecular weight excluding hydrogens is 448 g/mol. The summed E-state index contributed by atoms with van der Waals surface area (Å²) in [5.74, 6) is 1.03. The molecule has 2 aromatic heterocycles. The second kappa shape index (κ2) is 10.3. The van der Waals surface area contributed by atoms with Crippen LogP contribution in [-0.2, 0) is 25.0 Å². The van der Waals surface area contributed by atoms with Crippen LogP contribution in [0.2, 0.25) is 0 Å². The van der Waals surface area contributed by atoms with Crippen molar-refractivity contribution in [3.63, 3.8) is 0 Å². The number of nitrogens with zero attached hydrogens (tertiary/aromatic N) is 5. The third kappa shape index (κ3) is 5.57. The summed E-state index contributed by atoms with van der Waals surface area (Å²) in [6.07, 6.45) is 0.953. The number of nitrogens with one attached hydrogen (secondary N) is 1. The maximum Gasteiger partial charge on any atom is 0.252 e. The summed E-state index contributed by atoms with van der Waals surface area (Å²) in [5, 5.41) is 13.9. The van der Waals surface area contributed by atoms with Gasteiger partial charge in [0, 0.05) is 24.2 Å². The molecule has 0 aliphatic heterocycles. The van der Waals surface area contributed by atoms with Gasteiger partial charge in [-0.15, -0.1) is 5.10 Å². The number of hydrogen-bond donors (Lipinski definition) is 1. The van der Waals surface area contributed by atoms with Gasteiger partial charge >= 0.3 is 0 Å². The van der Waals surface area contributed by atoms with Crippen molar-refractivity contribution in [3.05, 3.63) is 87.0 Å². The van der Waals surface area contributed by atoms with E-state index in [0.29, 0.717) is 13.1 Å². The molecule has 0 radical (unpaired) electrons. The number of rotatable bonds is 8. The molecule has 7 nitrogen and oxygen atoms in total. The maximum absolute atomic E-state index is 13.2. The van der Waals surface area contributed by atoms with Gasteiger partial charge in [-0.25, -0.2) is 4.68 Å². The van der Waals surface area contributed by atoms with E-state index < -0.39 is 0 Å². The van der Waals surface area contributed by atoms with Crippen molar-refractivity contribution in [3.8, 4) is 0 Å². The van der Waals surface area contributed by atoms with Crippen LogP contribution in [0.25, 0.3) is 10.9 Å². The first kappa shape index (κ1) is 25.8. The lowest BCUT2D eigenvalue weighted by Gasteiger charge is -2.35. The Morgan fingerprint density at radius 1 is 1.00 bits per heavy atom. The smallest absolute Gasteiger partial charge is 0.252 e. The lowest BCUT2D eigenvalue weighted by molar-refractivity contribution is 0.119. The molecule has 0 amide bonds. The number of aromatic amines is 1. The summed E-state index contributed by atoms with van der Waals surface area (Å²) in [5.41, 5.74) is 4.94. The summed E-state index contributed by atoms with van der Waals surface area (Å²) in [6, 6.07) is 16.8. The quantitative estimate of drug-likeness (QED) is 0.354. The fourth-order valence-electron chi connectivity index (χ4n) is 4.78. The monoisotopic (exact) mass is 486 g/mol. The molecule has 4 aromatic rings. The zero-order chi connectivity index (χ0) is 26.0. The van der Waals surface area contributed by atoms with Crippen molar-refractivity contribution in [2.24, 2.45) is 5.92 Å². The van der Waals surface area contributed by atoms with Gasteiger partial charge in [0.2, 0.25) is 0 Å². The highest BCUT2D eigenvalue weighted by molar-refractivity contribution is 5.79. The van der Waals surface area contributed by atoms with Crippen molar-refractivity contribution in [1.82, 2.24) is 30.1 Å². The highest BCUT2D eigenvalue weighted by Gasteiger charge is 2.33. The van der Waals surface area contributed by atoms with Crippen molar-refractivity contribution in [1.29, 1.82) is 0 Å². The van der Waals surface area contributed by atoms with Crippen LogP contribution in [0.3, 0.4) is 0 Å². The Hall–Kier alpha value is -3.32. The SMILES string of the molecule is CCc1ccc2[nH]c(=O)c(CN(Cc3ccc(C)cc3)[C@@H](c3nnnn3C(C)(C)C)C(C)C)cc2c1. The standard InChI is InChI=1S/C29H38N6O/c1-8-21-13-14-25-23(15-21)16-24(28(36)30-25)18-34(17-22-11-9-20(4)10-12-22)26(19(2)3)27-31-32-33-35(27)29(5,6)7/h9-16,19,26H,8,17-18H2,1-7H3,(H,30,36)/t26-/m1/s1. The van der Waals surface area contributed by atoms with E-state index in [-0.39, 0.29) is 23.1 Å². The van der Waals surface area contributed by atoms with Crippen LogP contribution in [-0.4, -0.2) is 30.1 Å². The third-order valence-electron chi connectivity index (χ3n) is 6.69. The molecule has 36 heavy (non-hydrogen) atoms. The summed E-state index contributed by atoms with van der Waals surface area (Å²) in [6.45, 7) is 16.1. The first-order chi connectivity index (χ1) is 17.1. The Labute approximate surface area is 213 Å². The first-order valence-corrected chi connectivity index (χ1v) is 12.8. The van der Waals surface area contributed by atoms with Gasteiger partial charge in [-0.2, -0.15) is 0 Å². The van der Waals surface area contributed by atoms with E-state index in [4.69, 9.17) is 0 Å². The van der Waals surface area contributed by atoms with Crippen LogP contribution >= 0.6 is 0 Å². The fourth-order valence-corrected chi connectivity index (χ4v) is 4.78. The van der Waals surface area contributed by atoms with Crippen LogP contribution in [0.5, 0.6) is 0 Å². The van der Waals surface area contributed by atoms with Crippen LogP contribution in [0.4, 0.5) is 0 Å². The molecule has 1 N–H and O–H groups in total. The van der Waals surface area contributed by atoms with E-state index in [1.165, 1.54) is 16.7 Å². The molecule has 4 rings (SSSR count). The minimum absolute atomic E-state index is 0.0569. The molecule has 0 aliphatic rings. The molecule has 0 saturated heterocycles. The van der Waals surface area contributed by atoms with Gasteiger partial charge in [0.05, 0.1) is 11.6 Å². The van der Waals surface area contributed by atoms with Crippen molar-refractivity contribution < 1.29 is 0 Å². The molecule has 7 heteroatoms. The number of H-pyrrole nitrogens is 1. The second-order valence-electron chi connectivity index (χ2n) is 11.1. The second-order valence-corrected chi connectivity index (χ2v) is 11.1. The van der Waals surface area contributed by atoms with Gasteiger partial charge in [-0.1, -0.05) is 56.7 Å². The van der Waals surface area contributed by atoms with Gasteiger partial charge in [-0.3, -0.25) is 9.69 Å². The minimum atomic E-state index is -0.265. The summed E-state index contributed by atoms with van der Waals surface area (Å²) >= 11 is 0. The maximum atomic E-state index is 13.2. The molecule has 0 fully saturated rings. The number of pyridine rings is 1. The Balaban J connectivity index is 1.81. The van der Waals surface area contributed by atoms with E-state index in [9.17, 15) is 4.79 Å². The number of tetrazole rings is 1.